The minimum absolute atomic E-state index is 0.334. The van der Waals surface area contributed by atoms with Crippen molar-refractivity contribution in [1.82, 2.24) is 0 Å². The van der Waals surface area contributed by atoms with Crippen LogP contribution in [0.3, 0.4) is 0 Å². The van der Waals surface area contributed by atoms with Crippen molar-refractivity contribution in [1.29, 1.82) is 0 Å². The summed E-state index contributed by atoms with van der Waals surface area (Å²) in [5.74, 6) is 0.133. The average Bonchev–Trinajstić information content (AvgIpc) is 2.03. The molecule has 0 amide bonds. The zero-order valence-corrected chi connectivity index (χ0v) is 8.18. The van der Waals surface area contributed by atoms with Gasteiger partial charge in [0.15, 0.2) is 0 Å². The predicted octanol–water partition coefficient (Wildman–Crippen LogP) is 3.07. The number of carboxylic acids is 1. The lowest BCUT2D eigenvalue weighted by atomic mass is 10.0. The molecule has 0 aliphatic carbocycles. The third-order valence-electron chi connectivity index (χ3n) is 2.28. The Kier molecular flexibility index (Phi) is 6.82. The number of hydrogen-bond donors (Lipinski definition) is 1. The maximum atomic E-state index is 10.2. The SMILES string of the molecule is CC[C@H](C)CCCCCC(=O)O. The zero-order chi connectivity index (χ0) is 9.40. The summed E-state index contributed by atoms with van der Waals surface area (Å²) in [6.07, 6.45) is 5.90. The second-order valence-corrected chi connectivity index (χ2v) is 3.51. The van der Waals surface area contributed by atoms with Gasteiger partial charge in [-0.05, 0) is 12.3 Å². The van der Waals surface area contributed by atoms with E-state index in [4.69, 9.17) is 5.11 Å². The van der Waals surface area contributed by atoms with Crippen molar-refractivity contribution in [3.63, 3.8) is 0 Å². The molecule has 0 saturated heterocycles. The number of unbranched alkanes of at least 4 members (excludes halogenated alkanes) is 2. The van der Waals surface area contributed by atoms with E-state index in [9.17, 15) is 4.79 Å². The lowest BCUT2D eigenvalue weighted by Gasteiger charge is -2.06. The van der Waals surface area contributed by atoms with Crippen LogP contribution in [0.4, 0.5) is 0 Å². The molecule has 0 radical (unpaired) electrons. The number of rotatable bonds is 7. The topological polar surface area (TPSA) is 37.3 Å². The van der Waals surface area contributed by atoms with Gasteiger partial charge < -0.3 is 5.11 Å². The Morgan fingerprint density at radius 3 is 2.50 bits per heavy atom. The molecule has 0 unspecified atom stereocenters. The Hall–Kier alpha value is -0.530. The molecule has 0 fully saturated rings. The minimum atomic E-state index is -0.668. The first-order valence-electron chi connectivity index (χ1n) is 4.88. The van der Waals surface area contributed by atoms with Crippen molar-refractivity contribution >= 4 is 5.97 Å². The van der Waals surface area contributed by atoms with Crippen LogP contribution in [0.5, 0.6) is 0 Å². The van der Waals surface area contributed by atoms with Gasteiger partial charge in [0.1, 0.15) is 0 Å². The number of hydrogen-bond acceptors (Lipinski definition) is 1. The number of carboxylic acid groups (broad SMARTS) is 1. The van der Waals surface area contributed by atoms with Crippen LogP contribution in [-0.2, 0) is 4.79 Å². The van der Waals surface area contributed by atoms with Gasteiger partial charge in [0.2, 0.25) is 0 Å². The molecule has 0 aliphatic rings. The molecule has 0 spiro atoms. The normalized spacial score (nSPS) is 12.8. The van der Waals surface area contributed by atoms with Crippen LogP contribution >= 0.6 is 0 Å². The van der Waals surface area contributed by atoms with Gasteiger partial charge in [-0.25, -0.2) is 0 Å². The van der Waals surface area contributed by atoms with E-state index in [1.54, 1.807) is 0 Å². The summed E-state index contributed by atoms with van der Waals surface area (Å²) in [4.78, 5) is 10.2. The molecule has 72 valence electrons. The molecule has 0 aromatic heterocycles. The molecule has 0 aromatic rings. The highest BCUT2D eigenvalue weighted by Gasteiger charge is 1.99. The summed E-state index contributed by atoms with van der Waals surface area (Å²) >= 11 is 0. The summed E-state index contributed by atoms with van der Waals surface area (Å²) in [5, 5.41) is 8.37. The van der Waals surface area contributed by atoms with E-state index in [-0.39, 0.29) is 0 Å². The first kappa shape index (κ1) is 11.5. The molecule has 1 atom stereocenters. The fourth-order valence-electron chi connectivity index (χ4n) is 1.15. The Morgan fingerprint density at radius 1 is 1.33 bits per heavy atom. The fraction of sp³-hybridized carbons (Fsp3) is 0.900. The highest BCUT2D eigenvalue weighted by Crippen LogP contribution is 2.12. The quantitative estimate of drug-likeness (QED) is 0.599. The maximum Gasteiger partial charge on any atom is 0.303 e. The summed E-state index contributed by atoms with van der Waals surface area (Å²) < 4.78 is 0. The van der Waals surface area contributed by atoms with E-state index in [0.717, 1.165) is 18.8 Å². The standard InChI is InChI=1S/C10H20O2/c1-3-9(2)7-5-4-6-8-10(11)12/h9H,3-8H2,1-2H3,(H,11,12)/t9-/m0/s1. The molecule has 1 N–H and O–H groups in total. The summed E-state index contributed by atoms with van der Waals surface area (Å²) in [6, 6.07) is 0. The van der Waals surface area contributed by atoms with Gasteiger partial charge >= 0.3 is 5.97 Å². The van der Waals surface area contributed by atoms with Crippen LogP contribution in [0, 0.1) is 5.92 Å². The predicted molar refractivity (Wildman–Crippen MR) is 50.2 cm³/mol. The Balaban J connectivity index is 3.05. The first-order chi connectivity index (χ1) is 5.66. The monoisotopic (exact) mass is 172 g/mol. The van der Waals surface area contributed by atoms with Gasteiger partial charge in [-0.15, -0.1) is 0 Å². The summed E-state index contributed by atoms with van der Waals surface area (Å²) in [6.45, 7) is 4.44. The van der Waals surface area contributed by atoms with Gasteiger partial charge in [0.25, 0.3) is 0 Å². The van der Waals surface area contributed by atoms with E-state index >= 15 is 0 Å². The van der Waals surface area contributed by atoms with Crippen LogP contribution in [0.25, 0.3) is 0 Å². The average molecular weight is 172 g/mol. The van der Waals surface area contributed by atoms with Crippen molar-refractivity contribution in [2.45, 2.75) is 52.4 Å². The maximum absolute atomic E-state index is 10.2. The van der Waals surface area contributed by atoms with E-state index in [1.165, 1.54) is 19.3 Å². The molecular weight excluding hydrogens is 152 g/mol. The van der Waals surface area contributed by atoms with Crippen molar-refractivity contribution < 1.29 is 9.90 Å². The molecule has 0 saturated carbocycles. The Morgan fingerprint density at radius 2 is 2.00 bits per heavy atom. The van der Waals surface area contributed by atoms with Crippen LogP contribution in [-0.4, -0.2) is 11.1 Å². The largest absolute Gasteiger partial charge is 0.481 e. The highest BCUT2D eigenvalue weighted by molar-refractivity contribution is 5.66. The van der Waals surface area contributed by atoms with Gasteiger partial charge in [-0.3, -0.25) is 4.79 Å². The second kappa shape index (κ2) is 7.14. The van der Waals surface area contributed by atoms with Crippen LogP contribution in [0.15, 0.2) is 0 Å². The lowest BCUT2D eigenvalue weighted by Crippen LogP contribution is -1.95. The molecule has 0 rings (SSSR count). The number of aliphatic carboxylic acids is 1. The summed E-state index contributed by atoms with van der Waals surface area (Å²) in [7, 11) is 0. The fourth-order valence-corrected chi connectivity index (χ4v) is 1.15. The molecule has 0 heterocycles. The second-order valence-electron chi connectivity index (χ2n) is 3.51. The lowest BCUT2D eigenvalue weighted by molar-refractivity contribution is -0.137. The first-order valence-corrected chi connectivity index (χ1v) is 4.88. The minimum Gasteiger partial charge on any atom is -0.481 e. The van der Waals surface area contributed by atoms with E-state index in [0.29, 0.717) is 6.42 Å². The van der Waals surface area contributed by atoms with Crippen molar-refractivity contribution in [3.05, 3.63) is 0 Å². The van der Waals surface area contributed by atoms with Crippen molar-refractivity contribution in [2.24, 2.45) is 5.92 Å². The van der Waals surface area contributed by atoms with Crippen LogP contribution in [0.2, 0.25) is 0 Å². The third kappa shape index (κ3) is 7.58. The molecular formula is C10H20O2. The molecule has 2 nitrogen and oxygen atoms in total. The summed E-state index contributed by atoms with van der Waals surface area (Å²) in [5.41, 5.74) is 0. The molecule has 12 heavy (non-hydrogen) atoms. The zero-order valence-electron chi connectivity index (χ0n) is 8.18. The van der Waals surface area contributed by atoms with E-state index in [2.05, 4.69) is 13.8 Å². The third-order valence-corrected chi connectivity index (χ3v) is 2.28. The smallest absolute Gasteiger partial charge is 0.303 e. The van der Waals surface area contributed by atoms with Crippen LogP contribution in [0.1, 0.15) is 52.4 Å². The Labute approximate surface area is 75.0 Å². The number of carbonyl (C=O) groups is 1. The molecule has 0 aliphatic heterocycles. The Bertz CT molecular complexity index is 121. The van der Waals surface area contributed by atoms with Crippen molar-refractivity contribution in [3.8, 4) is 0 Å². The highest BCUT2D eigenvalue weighted by atomic mass is 16.4. The van der Waals surface area contributed by atoms with E-state index < -0.39 is 5.97 Å². The van der Waals surface area contributed by atoms with Gasteiger partial charge in [-0.1, -0.05) is 39.5 Å². The van der Waals surface area contributed by atoms with Gasteiger partial charge in [-0.2, -0.15) is 0 Å². The molecule has 2 heteroatoms. The van der Waals surface area contributed by atoms with Gasteiger partial charge in [0, 0.05) is 6.42 Å². The molecule has 0 aromatic carbocycles. The van der Waals surface area contributed by atoms with Crippen LogP contribution < -0.4 is 0 Å². The van der Waals surface area contributed by atoms with E-state index in [1.807, 2.05) is 0 Å². The van der Waals surface area contributed by atoms with Crippen molar-refractivity contribution in [2.75, 3.05) is 0 Å². The molecule has 0 bridgehead atoms. The van der Waals surface area contributed by atoms with Gasteiger partial charge in [0.05, 0.1) is 0 Å².